The number of anilines is 1. The molecule has 0 aliphatic carbocycles. The number of benzene rings is 3. The maximum atomic E-state index is 13.2. The molecule has 0 aromatic heterocycles. The molecular formula is C30H23F6N3O9. The quantitative estimate of drug-likeness (QED) is 0.137. The van der Waals surface area contributed by atoms with Gasteiger partial charge in [0.05, 0.1) is 22.3 Å². The Morgan fingerprint density at radius 2 is 1.17 bits per heavy atom. The van der Waals surface area contributed by atoms with Crippen LogP contribution in [0.4, 0.5) is 32.0 Å². The van der Waals surface area contributed by atoms with Gasteiger partial charge in [-0.3, -0.25) is 25.2 Å². The van der Waals surface area contributed by atoms with E-state index in [-0.39, 0.29) is 17.9 Å². The summed E-state index contributed by atoms with van der Waals surface area (Å²) >= 11 is 0. The molecule has 254 valence electrons. The topological polar surface area (TPSA) is 177 Å². The molecule has 0 bridgehead atoms. The number of hydrogen-bond acceptors (Lipinski definition) is 8. The molecule has 4 N–H and O–H groups in total. The van der Waals surface area contributed by atoms with Crippen LogP contribution in [0.2, 0.25) is 0 Å². The second-order valence-electron chi connectivity index (χ2n) is 9.57. The van der Waals surface area contributed by atoms with Crippen LogP contribution < -0.4 is 16.2 Å². The highest BCUT2D eigenvalue weighted by molar-refractivity contribution is 5.99. The number of carboxylic acid groups (broad SMARTS) is 1. The van der Waals surface area contributed by atoms with Crippen molar-refractivity contribution in [2.24, 2.45) is 0 Å². The van der Waals surface area contributed by atoms with Crippen LogP contribution in [-0.4, -0.2) is 52.9 Å². The molecule has 0 aliphatic heterocycles. The maximum Gasteiger partial charge on any atom is 0.416 e. The molecule has 0 saturated heterocycles. The van der Waals surface area contributed by atoms with Crippen LogP contribution in [0.15, 0.2) is 72.8 Å². The van der Waals surface area contributed by atoms with Crippen LogP contribution in [0.1, 0.15) is 55.5 Å². The molecule has 12 nitrogen and oxygen atoms in total. The number of nitrogens with one attached hydrogen (secondary N) is 3. The summed E-state index contributed by atoms with van der Waals surface area (Å²) in [6.45, 7) is 1.60. The van der Waals surface area contributed by atoms with Crippen molar-refractivity contribution < 1.29 is 69.7 Å². The van der Waals surface area contributed by atoms with Gasteiger partial charge in [0.2, 0.25) is 18.1 Å². The highest BCUT2D eigenvalue weighted by Gasteiger charge is 2.42. The third-order valence-electron chi connectivity index (χ3n) is 6.15. The first kappa shape index (κ1) is 36.5. The fourth-order valence-corrected chi connectivity index (χ4v) is 3.72. The van der Waals surface area contributed by atoms with Gasteiger partial charge in [-0.05, 0) is 60.7 Å². The lowest BCUT2D eigenvalue weighted by Crippen LogP contribution is -2.54. The summed E-state index contributed by atoms with van der Waals surface area (Å²) in [7, 11) is 0. The number of alkyl halides is 6. The third kappa shape index (κ3) is 9.78. The molecule has 2 atom stereocenters. The summed E-state index contributed by atoms with van der Waals surface area (Å²) in [6, 6.07) is 10.2. The van der Waals surface area contributed by atoms with E-state index in [2.05, 4.69) is 5.32 Å². The maximum absolute atomic E-state index is 13.2. The molecule has 0 heterocycles. The van der Waals surface area contributed by atoms with Gasteiger partial charge in [0, 0.05) is 17.7 Å². The van der Waals surface area contributed by atoms with Gasteiger partial charge in [-0.25, -0.2) is 14.4 Å². The van der Waals surface area contributed by atoms with Crippen molar-refractivity contribution >= 4 is 41.3 Å². The minimum absolute atomic E-state index is 0.118. The molecule has 0 spiro atoms. The normalized spacial score (nSPS) is 12.6. The fourth-order valence-electron chi connectivity index (χ4n) is 3.72. The van der Waals surface area contributed by atoms with Crippen LogP contribution in [0.3, 0.4) is 0 Å². The highest BCUT2D eigenvalue weighted by atomic mass is 19.4. The van der Waals surface area contributed by atoms with E-state index < -0.39 is 76.5 Å². The molecule has 0 aliphatic rings. The second kappa shape index (κ2) is 15.1. The van der Waals surface area contributed by atoms with E-state index in [0.717, 1.165) is 24.3 Å². The van der Waals surface area contributed by atoms with Crippen molar-refractivity contribution in [2.45, 2.75) is 37.9 Å². The summed E-state index contributed by atoms with van der Waals surface area (Å²) in [5.41, 5.74) is -0.489. The van der Waals surface area contributed by atoms with E-state index in [9.17, 15) is 60.2 Å². The van der Waals surface area contributed by atoms with Crippen molar-refractivity contribution in [1.82, 2.24) is 10.9 Å². The van der Waals surface area contributed by atoms with Crippen LogP contribution in [0.5, 0.6) is 0 Å². The van der Waals surface area contributed by atoms with Gasteiger partial charge < -0.3 is 19.9 Å². The van der Waals surface area contributed by atoms with E-state index in [1.54, 1.807) is 12.3 Å². The molecule has 0 saturated carbocycles. The van der Waals surface area contributed by atoms with E-state index >= 15 is 0 Å². The summed E-state index contributed by atoms with van der Waals surface area (Å²) in [6.07, 6.45) is -15.2. The molecule has 3 aromatic rings. The molecule has 3 amide bonds. The molecule has 0 radical (unpaired) electrons. The largest absolute Gasteiger partial charge is 0.478 e. The lowest BCUT2D eigenvalue weighted by Gasteiger charge is -2.24. The Kier molecular flexibility index (Phi) is 11.5. The molecule has 0 unspecified atom stereocenters. The Morgan fingerprint density at radius 3 is 1.60 bits per heavy atom. The van der Waals surface area contributed by atoms with E-state index in [4.69, 9.17) is 9.47 Å². The van der Waals surface area contributed by atoms with Crippen LogP contribution in [-0.2, 0) is 36.2 Å². The van der Waals surface area contributed by atoms with Crippen molar-refractivity contribution in [3.05, 3.63) is 101 Å². The number of carbonyl (C=O) groups excluding carboxylic acids is 5. The standard InChI is InChI=1S/C30H23F6N3O9/c1-2-21(40)37-20-11-9-15(10-12-20)24(41)38-39-25(42)22(47-27(45)16-5-3-7-18(13-16)29(31,32)33)23(26(43)44)48-28(46)17-6-4-8-19(14-17)30(34,35)36/h3-14,22-23H,2H2,1H3,(H,37,40)(H,38,41)(H,39,42)(H,43,44)/t22-,23-/m1/s1. The zero-order valence-electron chi connectivity index (χ0n) is 24.3. The first-order chi connectivity index (χ1) is 22.4. The van der Waals surface area contributed by atoms with Gasteiger partial charge in [-0.2, -0.15) is 26.3 Å². The number of hydrogen-bond donors (Lipinski definition) is 4. The number of esters is 2. The Hall–Kier alpha value is -5.94. The van der Waals surface area contributed by atoms with E-state index in [1.165, 1.54) is 24.3 Å². The minimum atomic E-state index is -4.93. The molecule has 18 heteroatoms. The summed E-state index contributed by atoms with van der Waals surface area (Å²) in [5.74, 6) is -8.65. The number of aliphatic carboxylic acids is 1. The predicted octanol–water partition coefficient (Wildman–Crippen LogP) is 4.37. The van der Waals surface area contributed by atoms with Gasteiger partial charge in [-0.15, -0.1) is 0 Å². The van der Waals surface area contributed by atoms with E-state index in [1.807, 2.05) is 5.43 Å². The Bertz CT molecular complexity index is 1710. The Balaban J connectivity index is 1.89. The van der Waals surface area contributed by atoms with Crippen molar-refractivity contribution in [3.63, 3.8) is 0 Å². The predicted molar refractivity (Wildman–Crippen MR) is 150 cm³/mol. The molecular weight excluding hydrogens is 660 g/mol. The zero-order valence-corrected chi connectivity index (χ0v) is 24.3. The molecule has 3 aromatic carbocycles. The smallest absolute Gasteiger partial charge is 0.416 e. The average molecular weight is 684 g/mol. The first-order valence-electron chi connectivity index (χ1n) is 13.4. The lowest BCUT2D eigenvalue weighted by atomic mass is 10.1. The van der Waals surface area contributed by atoms with Crippen molar-refractivity contribution in [1.29, 1.82) is 0 Å². The summed E-state index contributed by atoms with van der Waals surface area (Å²) < 4.78 is 88.6. The van der Waals surface area contributed by atoms with Gasteiger partial charge in [0.1, 0.15) is 0 Å². The van der Waals surface area contributed by atoms with Crippen LogP contribution >= 0.6 is 0 Å². The Morgan fingerprint density at radius 1 is 0.688 bits per heavy atom. The molecule has 48 heavy (non-hydrogen) atoms. The first-order valence-corrected chi connectivity index (χ1v) is 13.4. The van der Waals surface area contributed by atoms with Gasteiger partial charge in [-0.1, -0.05) is 19.1 Å². The number of carboxylic acids is 1. The summed E-state index contributed by atoms with van der Waals surface area (Å²) in [4.78, 5) is 74.9. The van der Waals surface area contributed by atoms with Crippen LogP contribution in [0, 0.1) is 0 Å². The number of rotatable bonds is 10. The summed E-state index contributed by atoms with van der Waals surface area (Å²) in [5, 5.41) is 12.3. The van der Waals surface area contributed by atoms with Gasteiger partial charge in [0.25, 0.3) is 11.8 Å². The third-order valence-corrected chi connectivity index (χ3v) is 6.15. The number of amides is 3. The number of ether oxygens (including phenoxy) is 2. The lowest BCUT2D eigenvalue weighted by molar-refractivity contribution is -0.159. The highest BCUT2D eigenvalue weighted by Crippen LogP contribution is 2.31. The number of carbonyl (C=O) groups is 6. The minimum Gasteiger partial charge on any atom is -0.478 e. The van der Waals surface area contributed by atoms with E-state index in [0.29, 0.717) is 30.0 Å². The van der Waals surface area contributed by atoms with Crippen molar-refractivity contribution in [2.75, 3.05) is 5.32 Å². The zero-order chi connectivity index (χ0) is 35.8. The molecule has 0 fully saturated rings. The van der Waals surface area contributed by atoms with Crippen molar-refractivity contribution in [3.8, 4) is 0 Å². The average Bonchev–Trinajstić information content (AvgIpc) is 3.04. The van der Waals surface area contributed by atoms with Gasteiger partial charge >= 0.3 is 30.3 Å². The van der Waals surface area contributed by atoms with Gasteiger partial charge in [0.15, 0.2) is 0 Å². The number of hydrazine groups is 1. The second-order valence-corrected chi connectivity index (χ2v) is 9.57. The van der Waals surface area contributed by atoms with Crippen LogP contribution in [0.25, 0.3) is 0 Å². The monoisotopic (exact) mass is 683 g/mol. The fraction of sp³-hybridized carbons (Fsp3) is 0.200. The molecule has 3 rings (SSSR count). The Labute approximate surface area is 266 Å². The number of halogens is 6. The SMILES string of the molecule is CCC(=O)Nc1ccc(C(=O)NNC(=O)[C@H](OC(=O)c2cccc(C(F)(F)F)c2)[C@@H](OC(=O)c2cccc(C(F)(F)F)c2)C(=O)O)cc1.